The molecule has 3 nitrogen and oxygen atoms in total. The van der Waals surface area contributed by atoms with E-state index in [0.717, 1.165) is 12.8 Å². The number of carbonyl (C=O) groups is 1. The van der Waals surface area contributed by atoms with Gasteiger partial charge in [-0.2, -0.15) is 0 Å². The molecule has 0 fully saturated rings. The Labute approximate surface area is 80.7 Å². The van der Waals surface area contributed by atoms with Crippen LogP contribution >= 0.6 is 0 Å². The summed E-state index contributed by atoms with van der Waals surface area (Å²) in [7, 11) is 1.73. The zero-order valence-corrected chi connectivity index (χ0v) is 9.13. The second-order valence-corrected chi connectivity index (χ2v) is 4.17. The molecule has 0 unspecified atom stereocenters. The molecule has 0 saturated carbocycles. The summed E-state index contributed by atoms with van der Waals surface area (Å²) < 4.78 is 0. The summed E-state index contributed by atoms with van der Waals surface area (Å²) in [6, 6.07) is 0. The molecule has 1 N–H and O–H groups in total. The Hall–Kier alpha value is -0.570. The number of rotatable bonds is 5. The average Bonchev–Trinajstić information content (AvgIpc) is 1.96. The minimum absolute atomic E-state index is 0.115. The molecule has 0 spiro atoms. The number of hydrogen-bond acceptors (Lipinski definition) is 2. The molecule has 0 rings (SSSR count). The van der Waals surface area contributed by atoms with Gasteiger partial charge in [0.25, 0.3) is 0 Å². The van der Waals surface area contributed by atoms with Gasteiger partial charge in [0.05, 0.1) is 5.60 Å². The maximum atomic E-state index is 11.4. The van der Waals surface area contributed by atoms with E-state index in [1.807, 2.05) is 0 Å². The van der Waals surface area contributed by atoms with Gasteiger partial charge in [0.2, 0.25) is 5.91 Å². The largest absolute Gasteiger partial charge is 0.389 e. The van der Waals surface area contributed by atoms with E-state index in [2.05, 4.69) is 6.92 Å². The number of aliphatic hydroxyl groups is 1. The first-order valence-corrected chi connectivity index (χ1v) is 4.83. The fraction of sp³-hybridized carbons (Fsp3) is 0.900. The van der Waals surface area contributed by atoms with Crippen molar-refractivity contribution in [3.8, 4) is 0 Å². The average molecular weight is 187 g/mol. The van der Waals surface area contributed by atoms with E-state index in [4.69, 9.17) is 0 Å². The minimum atomic E-state index is -0.795. The Kier molecular flexibility index (Phi) is 4.99. The minimum Gasteiger partial charge on any atom is -0.389 e. The SMILES string of the molecule is CCCCC(=O)N(C)CC(C)(C)O. The number of nitrogens with zero attached hydrogens (tertiary/aromatic N) is 1. The molecule has 0 aliphatic heterocycles. The van der Waals surface area contributed by atoms with E-state index < -0.39 is 5.60 Å². The first kappa shape index (κ1) is 12.4. The van der Waals surface area contributed by atoms with Crippen molar-refractivity contribution in [2.24, 2.45) is 0 Å². The molecule has 1 amide bonds. The van der Waals surface area contributed by atoms with Crippen LogP contribution in [0.5, 0.6) is 0 Å². The Morgan fingerprint density at radius 3 is 2.38 bits per heavy atom. The molecule has 0 bridgehead atoms. The van der Waals surface area contributed by atoms with Crippen LogP contribution in [-0.4, -0.2) is 35.1 Å². The van der Waals surface area contributed by atoms with Crippen molar-refractivity contribution >= 4 is 5.91 Å². The van der Waals surface area contributed by atoms with Crippen LogP contribution in [0.15, 0.2) is 0 Å². The number of hydrogen-bond donors (Lipinski definition) is 1. The third-order valence-electron chi connectivity index (χ3n) is 1.79. The van der Waals surface area contributed by atoms with Crippen LogP contribution in [0, 0.1) is 0 Å². The first-order chi connectivity index (χ1) is 5.87. The van der Waals surface area contributed by atoms with Gasteiger partial charge >= 0.3 is 0 Å². The van der Waals surface area contributed by atoms with Crippen LogP contribution in [0.2, 0.25) is 0 Å². The maximum absolute atomic E-state index is 11.4. The van der Waals surface area contributed by atoms with Crippen molar-refractivity contribution in [3.05, 3.63) is 0 Å². The summed E-state index contributed by atoms with van der Waals surface area (Å²) in [5.41, 5.74) is -0.795. The summed E-state index contributed by atoms with van der Waals surface area (Å²) in [5, 5.41) is 9.47. The van der Waals surface area contributed by atoms with Gasteiger partial charge in [0, 0.05) is 20.0 Å². The fourth-order valence-corrected chi connectivity index (χ4v) is 1.19. The molecule has 0 aromatic heterocycles. The topological polar surface area (TPSA) is 40.5 Å². The number of likely N-dealkylation sites (N-methyl/N-ethyl adjacent to an activating group) is 1. The second-order valence-electron chi connectivity index (χ2n) is 4.17. The second kappa shape index (κ2) is 5.22. The van der Waals surface area contributed by atoms with Crippen LogP contribution < -0.4 is 0 Å². The smallest absolute Gasteiger partial charge is 0.222 e. The zero-order valence-electron chi connectivity index (χ0n) is 9.13. The lowest BCUT2D eigenvalue weighted by molar-refractivity contribution is -0.132. The van der Waals surface area contributed by atoms with Crippen LogP contribution in [0.25, 0.3) is 0 Å². The van der Waals surface area contributed by atoms with Gasteiger partial charge in [0.15, 0.2) is 0 Å². The highest BCUT2D eigenvalue weighted by molar-refractivity contribution is 5.75. The standard InChI is InChI=1S/C10H21NO2/c1-5-6-7-9(12)11(4)8-10(2,3)13/h13H,5-8H2,1-4H3. The quantitative estimate of drug-likeness (QED) is 0.707. The number of amides is 1. The Morgan fingerprint density at radius 2 is 2.00 bits per heavy atom. The molecule has 0 aliphatic carbocycles. The maximum Gasteiger partial charge on any atom is 0.222 e. The van der Waals surface area contributed by atoms with Gasteiger partial charge in [-0.25, -0.2) is 0 Å². The molecular formula is C10H21NO2. The predicted octanol–water partition coefficient (Wildman–Crippen LogP) is 1.41. The monoisotopic (exact) mass is 187 g/mol. The molecular weight excluding hydrogens is 166 g/mol. The van der Waals surface area contributed by atoms with Crippen molar-refractivity contribution in [2.45, 2.75) is 45.6 Å². The van der Waals surface area contributed by atoms with Crippen molar-refractivity contribution < 1.29 is 9.90 Å². The summed E-state index contributed by atoms with van der Waals surface area (Å²) in [6.45, 7) is 5.87. The third-order valence-corrected chi connectivity index (χ3v) is 1.79. The lowest BCUT2D eigenvalue weighted by Gasteiger charge is -2.25. The third kappa shape index (κ3) is 6.58. The van der Waals surface area contributed by atoms with Crippen molar-refractivity contribution in [2.75, 3.05) is 13.6 Å². The molecule has 78 valence electrons. The van der Waals surface area contributed by atoms with E-state index in [9.17, 15) is 9.90 Å². The zero-order chi connectivity index (χ0) is 10.5. The van der Waals surface area contributed by atoms with Crippen molar-refractivity contribution in [1.82, 2.24) is 4.90 Å². The van der Waals surface area contributed by atoms with Crippen molar-refractivity contribution in [1.29, 1.82) is 0 Å². The molecule has 0 radical (unpaired) electrons. The van der Waals surface area contributed by atoms with E-state index in [1.165, 1.54) is 0 Å². The Morgan fingerprint density at radius 1 is 1.46 bits per heavy atom. The normalized spacial score (nSPS) is 11.5. The highest BCUT2D eigenvalue weighted by Crippen LogP contribution is 2.05. The van der Waals surface area contributed by atoms with Gasteiger partial charge in [-0.3, -0.25) is 4.79 Å². The van der Waals surface area contributed by atoms with Gasteiger partial charge in [-0.05, 0) is 20.3 Å². The van der Waals surface area contributed by atoms with Crippen LogP contribution in [0.3, 0.4) is 0 Å². The first-order valence-electron chi connectivity index (χ1n) is 4.83. The van der Waals surface area contributed by atoms with Crippen LogP contribution in [0.1, 0.15) is 40.0 Å². The highest BCUT2D eigenvalue weighted by Gasteiger charge is 2.18. The molecule has 0 aliphatic rings. The van der Waals surface area contributed by atoms with Crippen LogP contribution in [0.4, 0.5) is 0 Å². The van der Waals surface area contributed by atoms with E-state index in [0.29, 0.717) is 13.0 Å². The number of unbranched alkanes of at least 4 members (excludes halogenated alkanes) is 1. The lowest BCUT2D eigenvalue weighted by atomic mass is 10.1. The molecule has 0 atom stereocenters. The molecule has 0 aromatic carbocycles. The number of carbonyl (C=O) groups excluding carboxylic acids is 1. The van der Waals surface area contributed by atoms with Gasteiger partial charge < -0.3 is 10.0 Å². The van der Waals surface area contributed by atoms with Gasteiger partial charge in [0.1, 0.15) is 0 Å². The summed E-state index contributed by atoms with van der Waals surface area (Å²) in [6.07, 6.45) is 2.54. The van der Waals surface area contributed by atoms with E-state index >= 15 is 0 Å². The van der Waals surface area contributed by atoms with E-state index in [-0.39, 0.29) is 5.91 Å². The van der Waals surface area contributed by atoms with Crippen LogP contribution in [-0.2, 0) is 4.79 Å². The Balaban J connectivity index is 3.83. The summed E-state index contributed by atoms with van der Waals surface area (Å²) in [5.74, 6) is 0.115. The van der Waals surface area contributed by atoms with E-state index in [1.54, 1.807) is 25.8 Å². The van der Waals surface area contributed by atoms with Crippen molar-refractivity contribution in [3.63, 3.8) is 0 Å². The van der Waals surface area contributed by atoms with Gasteiger partial charge in [-0.1, -0.05) is 13.3 Å². The lowest BCUT2D eigenvalue weighted by Crippen LogP contribution is -2.39. The summed E-state index contributed by atoms with van der Waals surface area (Å²) in [4.78, 5) is 13.0. The molecule has 0 aromatic rings. The molecule has 3 heteroatoms. The highest BCUT2D eigenvalue weighted by atomic mass is 16.3. The fourth-order valence-electron chi connectivity index (χ4n) is 1.19. The Bertz CT molecular complexity index is 161. The summed E-state index contributed by atoms with van der Waals surface area (Å²) >= 11 is 0. The molecule has 0 heterocycles. The molecule has 13 heavy (non-hydrogen) atoms. The predicted molar refractivity (Wildman–Crippen MR) is 53.5 cm³/mol. The van der Waals surface area contributed by atoms with Gasteiger partial charge in [-0.15, -0.1) is 0 Å². The molecule has 0 saturated heterocycles.